The van der Waals surface area contributed by atoms with E-state index in [0.29, 0.717) is 5.75 Å². The van der Waals surface area contributed by atoms with Gasteiger partial charge >= 0.3 is 0 Å². The van der Waals surface area contributed by atoms with Crippen LogP contribution < -0.4 is 10.5 Å². The summed E-state index contributed by atoms with van der Waals surface area (Å²) < 4.78 is 4.73. The van der Waals surface area contributed by atoms with E-state index < -0.39 is 6.02 Å². The van der Waals surface area contributed by atoms with Crippen LogP contribution in [0.15, 0.2) is 18.3 Å². The summed E-state index contributed by atoms with van der Waals surface area (Å²) in [6.07, 6.45) is 1.41. The monoisotopic (exact) mass is 198 g/mol. The maximum Gasteiger partial charge on any atom is 0.284 e. The fourth-order valence-corrected chi connectivity index (χ4v) is 0.663. The largest absolute Gasteiger partial charge is 0.426 e. The van der Waals surface area contributed by atoms with E-state index in [0.717, 1.165) is 0 Å². The zero-order valence-corrected chi connectivity index (χ0v) is 7.34. The number of hydrogen-bond donors (Lipinski definition) is 2. The molecule has 1 aromatic rings. The van der Waals surface area contributed by atoms with Gasteiger partial charge in [0, 0.05) is 12.3 Å². The highest BCUT2D eigenvalue weighted by atomic mass is 35.5. The maximum atomic E-state index is 8.44. The Morgan fingerprint density at radius 3 is 2.92 bits per heavy atom. The van der Waals surface area contributed by atoms with E-state index in [1.165, 1.54) is 18.3 Å². The lowest BCUT2D eigenvalue weighted by Gasteiger charge is -2.00. The van der Waals surface area contributed by atoms with E-state index in [9.17, 15) is 0 Å². The molecule has 5 nitrogen and oxygen atoms in total. The van der Waals surface area contributed by atoms with Crippen molar-refractivity contribution in [3.05, 3.63) is 24.0 Å². The second-order valence-electron chi connectivity index (χ2n) is 1.95. The van der Waals surface area contributed by atoms with Gasteiger partial charge in [0.1, 0.15) is 17.5 Å². The van der Waals surface area contributed by atoms with Crippen LogP contribution in [0.2, 0.25) is 0 Å². The second-order valence-corrected chi connectivity index (χ2v) is 1.95. The Bertz CT molecular complexity index is 347. The molecular weight excluding hydrogens is 192 g/mol. The zero-order chi connectivity index (χ0) is 8.97. The van der Waals surface area contributed by atoms with Gasteiger partial charge in [0.2, 0.25) is 0 Å². The Labute approximate surface area is 81.1 Å². The van der Waals surface area contributed by atoms with Crippen LogP contribution in [0.3, 0.4) is 0 Å². The van der Waals surface area contributed by atoms with E-state index in [-0.39, 0.29) is 18.1 Å². The van der Waals surface area contributed by atoms with Crippen LogP contribution in [-0.2, 0) is 0 Å². The van der Waals surface area contributed by atoms with Gasteiger partial charge in [-0.25, -0.2) is 4.98 Å². The summed E-state index contributed by atoms with van der Waals surface area (Å²) in [6, 6.07) is 4.35. The first kappa shape index (κ1) is 11.2. The van der Waals surface area contributed by atoms with Crippen LogP contribution in [0.1, 0.15) is 5.69 Å². The first-order valence-corrected chi connectivity index (χ1v) is 3.10. The molecule has 1 heterocycles. The normalized spacial score (nSPS) is 7.92. The van der Waals surface area contributed by atoms with Crippen LogP contribution in [-0.4, -0.2) is 11.0 Å². The Balaban J connectivity index is 0.00000144. The quantitative estimate of drug-likeness (QED) is 0.512. The smallest absolute Gasteiger partial charge is 0.284 e. The average molecular weight is 199 g/mol. The van der Waals surface area contributed by atoms with Crippen LogP contribution in [0, 0.1) is 16.7 Å². The van der Waals surface area contributed by atoms with Crippen molar-refractivity contribution in [1.82, 2.24) is 4.98 Å². The number of halogens is 1. The molecule has 0 aromatic carbocycles. The van der Waals surface area contributed by atoms with Crippen molar-refractivity contribution < 1.29 is 4.74 Å². The highest BCUT2D eigenvalue weighted by molar-refractivity contribution is 5.85. The molecule has 0 radical (unpaired) electrons. The summed E-state index contributed by atoms with van der Waals surface area (Å²) in [5, 5.41) is 15.3. The number of pyridine rings is 1. The zero-order valence-electron chi connectivity index (χ0n) is 6.52. The van der Waals surface area contributed by atoms with Gasteiger partial charge < -0.3 is 10.5 Å². The fraction of sp³-hybridized carbons (Fsp3) is 0. The molecule has 1 rings (SSSR count). The minimum atomic E-state index is -0.412. The van der Waals surface area contributed by atoms with Crippen molar-refractivity contribution in [3.63, 3.8) is 0 Å². The molecule has 0 atom stereocenters. The Kier molecular flexibility index (Phi) is 4.27. The van der Waals surface area contributed by atoms with Crippen molar-refractivity contribution >= 4 is 18.4 Å². The number of nitrogens with two attached hydrogens (primary N) is 1. The minimum absolute atomic E-state index is 0. The lowest BCUT2D eigenvalue weighted by molar-refractivity contribution is 0.536. The van der Waals surface area contributed by atoms with Crippen LogP contribution >= 0.6 is 12.4 Å². The van der Waals surface area contributed by atoms with E-state index in [1.54, 1.807) is 0 Å². The predicted octanol–water partition coefficient (Wildman–Crippen LogP) is 0.647. The van der Waals surface area contributed by atoms with Crippen LogP contribution in [0.5, 0.6) is 5.75 Å². The molecule has 1 aromatic heterocycles. The van der Waals surface area contributed by atoms with Crippen molar-refractivity contribution in [3.8, 4) is 11.8 Å². The predicted molar refractivity (Wildman–Crippen MR) is 48.7 cm³/mol. The number of hydrogen-bond acceptors (Lipinski definition) is 4. The van der Waals surface area contributed by atoms with Gasteiger partial charge in [0.15, 0.2) is 0 Å². The molecule has 3 N–H and O–H groups in total. The second kappa shape index (κ2) is 4.95. The average Bonchev–Trinajstić information content (AvgIpc) is 2.03. The summed E-state index contributed by atoms with van der Waals surface area (Å²) in [7, 11) is 0. The Morgan fingerprint density at radius 1 is 1.69 bits per heavy atom. The summed E-state index contributed by atoms with van der Waals surface area (Å²) in [6.45, 7) is 0. The van der Waals surface area contributed by atoms with E-state index in [4.69, 9.17) is 21.1 Å². The SMILES string of the molecule is Cl.N#Cc1cc(OC(=N)N)ccn1. The summed E-state index contributed by atoms with van der Waals surface area (Å²) in [5.41, 5.74) is 5.20. The molecule has 0 bridgehead atoms. The van der Waals surface area contributed by atoms with Crippen molar-refractivity contribution in [1.29, 1.82) is 10.7 Å². The molecule has 0 aliphatic rings. The van der Waals surface area contributed by atoms with Crippen LogP contribution in [0.4, 0.5) is 0 Å². The molecule has 0 aliphatic carbocycles. The molecule has 6 heteroatoms. The van der Waals surface area contributed by atoms with Crippen molar-refractivity contribution in [2.75, 3.05) is 0 Å². The van der Waals surface area contributed by atoms with E-state index in [1.807, 2.05) is 6.07 Å². The molecule has 0 aliphatic heterocycles. The van der Waals surface area contributed by atoms with Gasteiger partial charge in [-0.3, -0.25) is 5.41 Å². The van der Waals surface area contributed by atoms with Crippen LogP contribution in [0.25, 0.3) is 0 Å². The van der Waals surface area contributed by atoms with Gasteiger partial charge in [-0.1, -0.05) is 0 Å². The maximum absolute atomic E-state index is 8.44. The molecule has 0 spiro atoms. The number of rotatable bonds is 1. The first-order valence-electron chi connectivity index (χ1n) is 3.10. The molecule has 0 amide bonds. The fourth-order valence-electron chi connectivity index (χ4n) is 0.663. The molecule has 0 saturated carbocycles. The lowest BCUT2D eigenvalue weighted by atomic mass is 10.3. The number of ether oxygens (including phenoxy) is 1. The molecule has 13 heavy (non-hydrogen) atoms. The number of nitrogens with zero attached hydrogens (tertiary/aromatic N) is 2. The molecule has 0 fully saturated rings. The standard InChI is InChI=1S/C7H6N4O.ClH/c8-4-5-3-6(1-2-11-5)12-7(9)10;/h1-3H,(H3,9,10);1H. The highest BCUT2D eigenvalue weighted by Gasteiger charge is 1.97. The van der Waals surface area contributed by atoms with Gasteiger partial charge in [-0.2, -0.15) is 5.26 Å². The van der Waals surface area contributed by atoms with Gasteiger partial charge in [0.05, 0.1) is 0 Å². The van der Waals surface area contributed by atoms with E-state index in [2.05, 4.69) is 4.98 Å². The summed E-state index contributed by atoms with van der Waals surface area (Å²) in [4.78, 5) is 3.71. The third-order valence-electron chi connectivity index (χ3n) is 1.07. The molecule has 0 unspecified atom stereocenters. The third-order valence-corrected chi connectivity index (χ3v) is 1.07. The topological polar surface area (TPSA) is 95.8 Å². The lowest BCUT2D eigenvalue weighted by Crippen LogP contribution is -2.17. The number of nitrogens with one attached hydrogen (secondary N) is 1. The van der Waals surface area contributed by atoms with Gasteiger partial charge in [0.25, 0.3) is 6.02 Å². The molecule has 68 valence electrons. The van der Waals surface area contributed by atoms with E-state index >= 15 is 0 Å². The number of nitriles is 1. The number of amidine groups is 1. The van der Waals surface area contributed by atoms with Gasteiger partial charge in [-0.05, 0) is 6.07 Å². The van der Waals surface area contributed by atoms with Crippen molar-refractivity contribution in [2.24, 2.45) is 5.73 Å². The number of aromatic nitrogens is 1. The summed E-state index contributed by atoms with van der Waals surface area (Å²) >= 11 is 0. The summed E-state index contributed by atoms with van der Waals surface area (Å²) in [5.74, 6) is 0.342. The third kappa shape index (κ3) is 3.40. The first-order chi connectivity index (χ1) is 5.72. The molecular formula is C7H7ClN4O. The molecule has 0 saturated heterocycles. The highest BCUT2D eigenvalue weighted by Crippen LogP contribution is 2.09. The Morgan fingerprint density at radius 2 is 2.38 bits per heavy atom. The van der Waals surface area contributed by atoms with Gasteiger partial charge in [-0.15, -0.1) is 12.4 Å². The minimum Gasteiger partial charge on any atom is -0.426 e. The Hall–Kier alpha value is -1.80. The van der Waals surface area contributed by atoms with Crippen molar-refractivity contribution in [2.45, 2.75) is 0 Å².